The molecule has 18 heavy (non-hydrogen) atoms. The first kappa shape index (κ1) is 12.1. The van der Waals surface area contributed by atoms with Crippen molar-refractivity contribution in [3.05, 3.63) is 65.0 Å². The fraction of sp³-hybridized carbons (Fsp3) is 0.0714. The van der Waals surface area contributed by atoms with E-state index in [0.29, 0.717) is 12.1 Å². The average Bonchev–Trinajstić information content (AvgIpc) is 2.31. The monoisotopic (exact) mass is 245 g/mol. The van der Waals surface area contributed by atoms with Crippen LogP contribution < -0.4 is 5.73 Å². The fourth-order valence-electron chi connectivity index (χ4n) is 1.78. The Hall–Kier alpha value is -2.36. The van der Waals surface area contributed by atoms with Gasteiger partial charge >= 0.3 is 5.97 Å². The number of carboxylic acids is 1. The van der Waals surface area contributed by atoms with Gasteiger partial charge in [-0.05, 0) is 47.9 Å². The second-order valence-corrected chi connectivity index (χ2v) is 4.07. The first-order valence-corrected chi connectivity index (χ1v) is 5.42. The number of aromatic carboxylic acids is 1. The van der Waals surface area contributed by atoms with Gasteiger partial charge in [-0.2, -0.15) is 0 Å². The molecule has 0 aliphatic carbocycles. The molecular formula is C14H12FNO2. The third-order valence-corrected chi connectivity index (χ3v) is 2.58. The lowest BCUT2D eigenvalue weighted by Gasteiger charge is -2.05. The molecule has 3 nitrogen and oxygen atoms in total. The highest BCUT2D eigenvalue weighted by atomic mass is 19.1. The van der Waals surface area contributed by atoms with E-state index in [-0.39, 0.29) is 11.4 Å². The minimum Gasteiger partial charge on any atom is -0.478 e. The van der Waals surface area contributed by atoms with Crippen LogP contribution in [0.2, 0.25) is 0 Å². The Labute approximate surface area is 104 Å². The number of nitrogens with two attached hydrogens (primary N) is 1. The van der Waals surface area contributed by atoms with Crippen LogP contribution in [0.1, 0.15) is 21.5 Å². The molecule has 92 valence electrons. The summed E-state index contributed by atoms with van der Waals surface area (Å²) in [4.78, 5) is 10.9. The summed E-state index contributed by atoms with van der Waals surface area (Å²) in [6.07, 6.45) is 0.519. The smallest absolute Gasteiger partial charge is 0.335 e. The lowest BCUT2D eigenvalue weighted by Crippen LogP contribution is -2.00. The van der Waals surface area contributed by atoms with E-state index in [1.54, 1.807) is 24.3 Å². The second kappa shape index (κ2) is 4.87. The third-order valence-electron chi connectivity index (χ3n) is 2.58. The van der Waals surface area contributed by atoms with Crippen molar-refractivity contribution < 1.29 is 14.3 Å². The van der Waals surface area contributed by atoms with Crippen molar-refractivity contribution in [2.24, 2.45) is 0 Å². The van der Waals surface area contributed by atoms with Crippen molar-refractivity contribution in [3.8, 4) is 0 Å². The summed E-state index contributed by atoms with van der Waals surface area (Å²) in [5.41, 5.74) is 7.91. The predicted octanol–water partition coefficient (Wildman–Crippen LogP) is 2.70. The highest BCUT2D eigenvalue weighted by Crippen LogP contribution is 2.16. The standard InChI is InChI=1S/C14H12FNO2/c15-12-3-1-9(2-4-12)5-10-6-11(14(17)18)8-13(16)7-10/h1-4,6-8H,5,16H2,(H,17,18). The highest BCUT2D eigenvalue weighted by molar-refractivity contribution is 5.89. The molecule has 0 radical (unpaired) electrons. The van der Waals surface area contributed by atoms with Crippen molar-refractivity contribution in [2.75, 3.05) is 5.73 Å². The molecule has 0 aliphatic heterocycles. The zero-order valence-corrected chi connectivity index (χ0v) is 9.56. The maximum absolute atomic E-state index is 12.8. The van der Waals surface area contributed by atoms with E-state index in [1.807, 2.05) is 0 Å². The van der Waals surface area contributed by atoms with Gasteiger partial charge in [-0.25, -0.2) is 9.18 Å². The quantitative estimate of drug-likeness (QED) is 0.817. The van der Waals surface area contributed by atoms with E-state index >= 15 is 0 Å². The molecule has 0 bridgehead atoms. The maximum Gasteiger partial charge on any atom is 0.335 e. The molecule has 3 N–H and O–H groups in total. The topological polar surface area (TPSA) is 63.3 Å². The molecule has 0 saturated carbocycles. The van der Waals surface area contributed by atoms with Crippen molar-refractivity contribution in [1.82, 2.24) is 0 Å². The second-order valence-electron chi connectivity index (χ2n) is 4.07. The Morgan fingerprint density at radius 2 is 1.78 bits per heavy atom. The molecule has 0 saturated heterocycles. The first-order valence-electron chi connectivity index (χ1n) is 5.42. The van der Waals surface area contributed by atoms with Gasteiger partial charge in [0.1, 0.15) is 5.82 Å². The van der Waals surface area contributed by atoms with Gasteiger partial charge in [0, 0.05) is 5.69 Å². The van der Waals surface area contributed by atoms with Crippen molar-refractivity contribution in [3.63, 3.8) is 0 Å². The van der Waals surface area contributed by atoms with Gasteiger partial charge in [-0.15, -0.1) is 0 Å². The Morgan fingerprint density at radius 1 is 1.11 bits per heavy atom. The molecule has 0 aromatic heterocycles. The molecule has 0 spiro atoms. The Bertz CT molecular complexity index is 579. The van der Waals surface area contributed by atoms with Crippen LogP contribution in [0.15, 0.2) is 42.5 Å². The van der Waals surface area contributed by atoms with Crippen molar-refractivity contribution in [2.45, 2.75) is 6.42 Å². The number of carboxylic acid groups (broad SMARTS) is 1. The number of carbonyl (C=O) groups is 1. The zero-order valence-electron chi connectivity index (χ0n) is 9.56. The van der Waals surface area contributed by atoms with Gasteiger partial charge in [0.25, 0.3) is 0 Å². The van der Waals surface area contributed by atoms with Crippen LogP contribution >= 0.6 is 0 Å². The van der Waals surface area contributed by atoms with Gasteiger partial charge < -0.3 is 10.8 Å². The lowest BCUT2D eigenvalue weighted by molar-refractivity contribution is 0.0697. The van der Waals surface area contributed by atoms with Crippen LogP contribution in [0, 0.1) is 5.82 Å². The lowest BCUT2D eigenvalue weighted by atomic mass is 10.0. The summed E-state index contributed by atoms with van der Waals surface area (Å²) in [6.45, 7) is 0. The third kappa shape index (κ3) is 2.85. The van der Waals surface area contributed by atoms with Gasteiger partial charge in [0.05, 0.1) is 5.56 Å². The molecule has 2 aromatic carbocycles. The normalized spacial score (nSPS) is 10.3. The van der Waals surface area contributed by atoms with Gasteiger partial charge in [0.15, 0.2) is 0 Å². The number of hydrogen-bond donors (Lipinski definition) is 2. The van der Waals surface area contributed by atoms with Gasteiger partial charge in [-0.3, -0.25) is 0 Å². The van der Waals surface area contributed by atoms with E-state index < -0.39 is 5.97 Å². The largest absolute Gasteiger partial charge is 0.478 e. The number of hydrogen-bond acceptors (Lipinski definition) is 2. The summed E-state index contributed by atoms with van der Waals surface area (Å²) < 4.78 is 12.8. The van der Waals surface area contributed by atoms with E-state index in [1.165, 1.54) is 18.2 Å². The van der Waals surface area contributed by atoms with Gasteiger partial charge in [0.2, 0.25) is 0 Å². The summed E-state index contributed by atoms with van der Waals surface area (Å²) in [7, 11) is 0. The molecule has 0 heterocycles. The van der Waals surface area contributed by atoms with Crippen LogP contribution in [-0.2, 0) is 6.42 Å². The summed E-state index contributed by atoms with van der Waals surface area (Å²) in [6, 6.07) is 10.8. The maximum atomic E-state index is 12.8. The predicted molar refractivity (Wildman–Crippen MR) is 67.0 cm³/mol. The molecule has 0 fully saturated rings. The Morgan fingerprint density at radius 3 is 2.39 bits per heavy atom. The van der Waals surface area contributed by atoms with E-state index in [9.17, 15) is 9.18 Å². The number of nitrogen functional groups attached to an aromatic ring is 1. The number of halogens is 1. The molecule has 2 rings (SSSR count). The van der Waals surface area contributed by atoms with Crippen LogP contribution in [-0.4, -0.2) is 11.1 Å². The molecule has 4 heteroatoms. The molecule has 0 aliphatic rings. The highest BCUT2D eigenvalue weighted by Gasteiger charge is 2.06. The minimum atomic E-state index is -1.01. The summed E-state index contributed by atoms with van der Waals surface area (Å²) >= 11 is 0. The molecule has 0 atom stereocenters. The minimum absolute atomic E-state index is 0.159. The van der Waals surface area contributed by atoms with Crippen LogP contribution in [0.3, 0.4) is 0 Å². The Kier molecular flexibility index (Phi) is 3.28. The van der Waals surface area contributed by atoms with Gasteiger partial charge in [-0.1, -0.05) is 12.1 Å². The molecular weight excluding hydrogens is 233 g/mol. The number of benzene rings is 2. The summed E-state index contributed by atoms with van der Waals surface area (Å²) in [5.74, 6) is -1.31. The van der Waals surface area contributed by atoms with Crippen molar-refractivity contribution >= 4 is 11.7 Å². The van der Waals surface area contributed by atoms with Crippen LogP contribution in [0.4, 0.5) is 10.1 Å². The van der Waals surface area contributed by atoms with Crippen molar-refractivity contribution in [1.29, 1.82) is 0 Å². The average molecular weight is 245 g/mol. The summed E-state index contributed by atoms with van der Waals surface area (Å²) in [5, 5.41) is 8.93. The first-order chi connectivity index (χ1) is 8.54. The zero-order chi connectivity index (χ0) is 13.1. The van der Waals surface area contributed by atoms with E-state index in [4.69, 9.17) is 10.8 Å². The molecule has 2 aromatic rings. The van der Waals surface area contributed by atoms with Crippen LogP contribution in [0.25, 0.3) is 0 Å². The SMILES string of the molecule is Nc1cc(Cc2ccc(F)cc2)cc(C(=O)O)c1. The molecule has 0 unspecified atom stereocenters. The number of rotatable bonds is 3. The van der Waals surface area contributed by atoms with E-state index in [0.717, 1.165) is 11.1 Å². The molecule has 0 amide bonds. The van der Waals surface area contributed by atoms with E-state index in [2.05, 4.69) is 0 Å². The fourth-order valence-corrected chi connectivity index (χ4v) is 1.78. The number of anilines is 1. The van der Waals surface area contributed by atoms with Crippen LogP contribution in [0.5, 0.6) is 0 Å². The Balaban J connectivity index is 2.28.